The van der Waals surface area contributed by atoms with Crippen LogP contribution in [0.1, 0.15) is 18.1 Å². The van der Waals surface area contributed by atoms with Crippen molar-refractivity contribution in [3.63, 3.8) is 0 Å². The van der Waals surface area contributed by atoms with Crippen LogP contribution in [0, 0.1) is 0 Å². The molecule has 150 valence electrons. The molecule has 0 atom stereocenters. The first-order chi connectivity index (χ1) is 14.1. The molecule has 0 saturated heterocycles. The maximum atomic E-state index is 12.2. The molecule has 7 nitrogen and oxygen atoms in total. The standard InChI is InChI=1S/C21H21BrN4O3/c1-3-29-19-12-15(6-10-18(19)28-2)7-11-20(27)24-21-23-14-26(25-21)13-16-4-8-17(22)9-5-16/h4-12,14H,3,13H2,1-2H3,(H,24,25,27)/b11-7+. The van der Waals surface area contributed by atoms with Crippen molar-refractivity contribution < 1.29 is 14.3 Å². The van der Waals surface area contributed by atoms with Gasteiger partial charge in [0.05, 0.1) is 20.3 Å². The molecule has 0 aliphatic rings. The Labute approximate surface area is 177 Å². The van der Waals surface area contributed by atoms with Crippen molar-refractivity contribution in [2.24, 2.45) is 0 Å². The first-order valence-electron chi connectivity index (χ1n) is 9.01. The van der Waals surface area contributed by atoms with E-state index in [1.807, 2.05) is 43.3 Å². The maximum Gasteiger partial charge on any atom is 0.250 e. The third kappa shape index (κ3) is 5.92. The summed E-state index contributed by atoms with van der Waals surface area (Å²) < 4.78 is 13.5. The summed E-state index contributed by atoms with van der Waals surface area (Å²) in [6.45, 7) is 2.99. The summed E-state index contributed by atoms with van der Waals surface area (Å²) in [5, 5.41) is 6.93. The number of amides is 1. The van der Waals surface area contributed by atoms with Crippen LogP contribution in [0.2, 0.25) is 0 Å². The van der Waals surface area contributed by atoms with Crippen LogP contribution < -0.4 is 14.8 Å². The highest BCUT2D eigenvalue weighted by atomic mass is 79.9. The Hall–Kier alpha value is -3.13. The normalized spacial score (nSPS) is 10.9. The lowest BCUT2D eigenvalue weighted by atomic mass is 10.2. The van der Waals surface area contributed by atoms with E-state index in [1.165, 1.54) is 6.08 Å². The monoisotopic (exact) mass is 456 g/mol. The van der Waals surface area contributed by atoms with Crippen LogP contribution in [0.3, 0.4) is 0 Å². The number of nitrogens with one attached hydrogen (secondary N) is 1. The Balaban J connectivity index is 1.60. The zero-order valence-electron chi connectivity index (χ0n) is 16.1. The zero-order valence-corrected chi connectivity index (χ0v) is 17.7. The van der Waals surface area contributed by atoms with Gasteiger partial charge >= 0.3 is 0 Å². The van der Waals surface area contributed by atoms with Gasteiger partial charge in [0.25, 0.3) is 5.91 Å². The molecule has 8 heteroatoms. The summed E-state index contributed by atoms with van der Waals surface area (Å²) in [5.41, 5.74) is 1.90. The molecule has 1 N–H and O–H groups in total. The average Bonchev–Trinajstić information content (AvgIpc) is 3.15. The minimum atomic E-state index is -0.319. The highest BCUT2D eigenvalue weighted by molar-refractivity contribution is 9.10. The predicted molar refractivity (Wildman–Crippen MR) is 115 cm³/mol. The van der Waals surface area contributed by atoms with E-state index in [0.29, 0.717) is 24.7 Å². The van der Waals surface area contributed by atoms with Gasteiger partial charge in [-0.05, 0) is 48.4 Å². The summed E-state index contributed by atoms with van der Waals surface area (Å²) in [6.07, 6.45) is 4.70. The Bertz CT molecular complexity index is 999. The van der Waals surface area contributed by atoms with Crippen LogP contribution in [-0.4, -0.2) is 34.4 Å². The smallest absolute Gasteiger partial charge is 0.250 e. The maximum absolute atomic E-state index is 12.2. The lowest BCUT2D eigenvalue weighted by Crippen LogP contribution is -2.10. The number of hydrogen-bond acceptors (Lipinski definition) is 5. The third-order valence-electron chi connectivity index (χ3n) is 3.94. The number of carbonyl (C=O) groups is 1. The van der Waals surface area contributed by atoms with E-state index in [4.69, 9.17) is 9.47 Å². The van der Waals surface area contributed by atoms with E-state index < -0.39 is 0 Å². The summed E-state index contributed by atoms with van der Waals surface area (Å²) in [6, 6.07) is 13.4. The minimum Gasteiger partial charge on any atom is -0.493 e. The molecule has 29 heavy (non-hydrogen) atoms. The van der Waals surface area contributed by atoms with Gasteiger partial charge in [-0.15, -0.1) is 5.10 Å². The topological polar surface area (TPSA) is 78.3 Å². The third-order valence-corrected chi connectivity index (χ3v) is 4.47. The Morgan fingerprint density at radius 2 is 2.00 bits per heavy atom. The Morgan fingerprint density at radius 1 is 1.21 bits per heavy atom. The summed E-state index contributed by atoms with van der Waals surface area (Å²) in [7, 11) is 1.59. The molecule has 0 aliphatic carbocycles. The molecule has 1 aromatic heterocycles. The number of halogens is 1. The number of ether oxygens (including phenoxy) is 2. The zero-order chi connectivity index (χ0) is 20.6. The molecule has 0 unspecified atom stereocenters. The van der Waals surface area contributed by atoms with Crippen LogP contribution in [0.25, 0.3) is 6.08 Å². The fourth-order valence-electron chi connectivity index (χ4n) is 2.59. The van der Waals surface area contributed by atoms with Gasteiger partial charge < -0.3 is 9.47 Å². The van der Waals surface area contributed by atoms with Crippen LogP contribution in [0.15, 0.2) is 59.3 Å². The van der Waals surface area contributed by atoms with Gasteiger partial charge in [-0.25, -0.2) is 9.67 Å². The van der Waals surface area contributed by atoms with E-state index in [9.17, 15) is 4.79 Å². The quantitative estimate of drug-likeness (QED) is 0.515. The molecule has 1 amide bonds. The van der Waals surface area contributed by atoms with Crippen molar-refractivity contribution in [2.45, 2.75) is 13.5 Å². The molecule has 3 rings (SSSR count). The Kier molecular flexibility index (Phi) is 7.02. The molecule has 0 fully saturated rings. The van der Waals surface area contributed by atoms with Crippen molar-refractivity contribution in [1.82, 2.24) is 14.8 Å². The lowest BCUT2D eigenvalue weighted by molar-refractivity contribution is -0.111. The molecule has 0 saturated carbocycles. The highest BCUT2D eigenvalue weighted by Crippen LogP contribution is 2.28. The van der Waals surface area contributed by atoms with Gasteiger partial charge in [0.15, 0.2) is 11.5 Å². The highest BCUT2D eigenvalue weighted by Gasteiger charge is 2.06. The Morgan fingerprint density at radius 3 is 2.72 bits per heavy atom. The second-order valence-corrected chi connectivity index (χ2v) is 6.97. The molecule has 1 heterocycles. The predicted octanol–water partition coefficient (Wildman–Crippen LogP) is 4.15. The first kappa shape index (κ1) is 20.6. The van der Waals surface area contributed by atoms with Crippen LogP contribution in [0.4, 0.5) is 5.95 Å². The molecule has 0 spiro atoms. The van der Waals surface area contributed by atoms with E-state index in [2.05, 4.69) is 31.3 Å². The summed E-state index contributed by atoms with van der Waals surface area (Å²) >= 11 is 3.41. The SMILES string of the molecule is CCOc1cc(/C=C/C(=O)Nc2ncn(Cc3ccc(Br)cc3)n2)ccc1OC. The molecule has 0 aliphatic heterocycles. The minimum absolute atomic E-state index is 0.251. The van der Waals surface area contributed by atoms with Crippen molar-refractivity contribution in [3.8, 4) is 11.5 Å². The second kappa shape index (κ2) is 9.88. The number of benzene rings is 2. The number of anilines is 1. The fraction of sp³-hybridized carbons (Fsp3) is 0.190. The number of methoxy groups -OCH3 is 1. The van der Waals surface area contributed by atoms with Crippen molar-refractivity contribution in [1.29, 1.82) is 0 Å². The van der Waals surface area contributed by atoms with Crippen LogP contribution in [-0.2, 0) is 11.3 Å². The largest absolute Gasteiger partial charge is 0.493 e. The van der Waals surface area contributed by atoms with E-state index in [0.717, 1.165) is 15.6 Å². The summed E-state index contributed by atoms with van der Waals surface area (Å²) in [5.74, 6) is 1.21. The van der Waals surface area contributed by atoms with Crippen LogP contribution in [0.5, 0.6) is 11.5 Å². The number of hydrogen-bond donors (Lipinski definition) is 1. The number of nitrogens with zero attached hydrogens (tertiary/aromatic N) is 3. The molecule has 3 aromatic rings. The number of rotatable bonds is 8. The lowest BCUT2D eigenvalue weighted by Gasteiger charge is -2.09. The van der Waals surface area contributed by atoms with Gasteiger partial charge in [0.2, 0.25) is 5.95 Å². The summed E-state index contributed by atoms with van der Waals surface area (Å²) in [4.78, 5) is 16.3. The molecular weight excluding hydrogens is 436 g/mol. The van der Waals surface area contributed by atoms with E-state index in [1.54, 1.807) is 30.3 Å². The average molecular weight is 457 g/mol. The molecular formula is C21H21BrN4O3. The molecule has 0 bridgehead atoms. The first-order valence-corrected chi connectivity index (χ1v) is 9.80. The fourth-order valence-corrected chi connectivity index (χ4v) is 2.86. The van der Waals surface area contributed by atoms with Gasteiger partial charge in [0, 0.05) is 10.5 Å². The van der Waals surface area contributed by atoms with E-state index >= 15 is 0 Å². The molecule has 0 radical (unpaired) electrons. The van der Waals surface area contributed by atoms with Gasteiger partial charge in [-0.3, -0.25) is 10.1 Å². The second-order valence-electron chi connectivity index (χ2n) is 6.06. The van der Waals surface area contributed by atoms with Crippen molar-refractivity contribution in [2.75, 3.05) is 19.0 Å². The number of aromatic nitrogens is 3. The molecule has 2 aromatic carbocycles. The van der Waals surface area contributed by atoms with Gasteiger partial charge in [-0.2, -0.15) is 0 Å². The number of carbonyl (C=O) groups excluding carboxylic acids is 1. The van der Waals surface area contributed by atoms with Gasteiger partial charge in [0.1, 0.15) is 6.33 Å². The van der Waals surface area contributed by atoms with Crippen molar-refractivity contribution in [3.05, 3.63) is 70.5 Å². The van der Waals surface area contributed by atoms with Gasteiger partial charge in [-0.1, -0.05) is 34.1 Å². The van der Waals surface area contributed by atoms with E-state index in [-0.39, 0.29) is 11.9 Å². The van der Waals surface area contributed by atoms with Crippen LogP contribution >= 0.6 is 15.9 Å². The van der Waals surface area contributed by atoms with Crippen molar-refractivity contribution >= 4 is 33.9 Å².